The molecule has 2 aromatic carbocycles. The van der Waals surface area contributed by atoms with Gasteiger partial charge in [0.05, 0.1) is 5.02 Å². The highest BCUT2D eigenvalue weighted by atomic mass is 35.5. The third kappa shape index (κ3) is 4.53. The van der Waals surface area contributed by atoms with Crippen LogP contribution in [0.25, 0.3) is 0 Å². The summed E-state index contributed by atoms with van der Waals surface area (Å²) >= 11 is 5.79. The number of hydrogen-bond acceptors (Lipinski definition) is 2. The normalized spacial score (nSPS) is 11.3. The number of alkyl halides is 3. The number of hydrogen-bond donors (Lipinski definition) is 1. The van der Waals surface area contributed by atoms with Gasteiger partial charge in [0.25, 0.3) is 0 Å². The summed E-state index contributed by atoms with van der Waals surface area (Å²) < 4.78 is 53.4. The molecule has 0 saturated heterocycles. The summed E-state index contributed by atoms with van der Waals surface area (Å²) in [7, 11) is 0. The molecule has 0 fully saturated rings. The smallest absolute Gasteiger partial charge is 0.406 e. The van der Waals surface area contributed by atoms with Crippen molar-refractivity contribution in [1.29, 1.82) is 0 Å². The van der Waals surface area contributed by atoms with Gasteiger partial charge in [-0.2, -0.15) is 0 Å². The second-order valence-electron chi connectivity index (χ2n) is 4.14. The van der Waals surface area contributed by atoms with Gasteiger partial charge in [-0.25, -0.2) is 4.39 Å². The van der Waals surface area contributed by atoms with E-state index in [1.54, 1.807) is 12.1 Å². The molecule has 0 aromatic heterocycles. The zero-order valence-corrected chi connectivity index (χ0v) is 11.3. The Morgan fingerprint density at radius 2 is 1.81 bits per heavy atom. The summed E-state index contributed by atoms with van der Waals surface area (Å²) in [5, 5.41) is 2.84. The maximum absolute atomic E-state index is 13.3. The molecule has 21 heavy (non-hydrogen) atoms. The molecule has 0 bridgehead atoms. The Labute approximate surface area is 123 Å². The Balaban J connectivity index is 2.07. The first-order valence-corrected chi connectivity index (χ1v) is 6.25. The predicted octanol–water partition coefficient (Wildman–Crippen LogP) is 4.99. The molecule has 0 radical (unpaired) electrons. The monoisotopic (exact) mass is 319 g/mol. The van der Waals surface area contributed by atoms with Crippen LogP contribution in [-0.2, 0) is 6.54 Å². The van der Waals surface area contributed by atoms with Crippen molar-refractivity contribution in [2.24, 2.45) is 0 Å². The summed E-state index contributed by atoms with van der Waals surface area (Å²) in [6, 6.07) is 9.71. The first-order valence-electron chi connectivity index (χ1n) is 5.88. The van der Waals surface area contributed by atoms with Gasteiger partial charge in [-0.3, -0.25) is 0 Å². The Kier molecular flexibility index (Phi) is 4.57. The summed E-state index contributed by atoms with van der Waals surface area (Å²) in [6.07, 6.45) is -4.75. The second kappa shape index (κ2) is 6.22. The van der Waals surface area contributed by atoms with Gasteiger partial charge in [0, 0.05) is 18.3 Å². The summed E-state index contributed by atoms with van der Waals surface area (Å²) in [4.78, 5) is 0. The van der Waals surface area contributed by atoms with E-state index in [2.05, 4.69) is 10.1 Å². The quantitative estimate of drug-likeness (QED) is 0.802. The zero-order valence-electron chi connectivity index (χ0n) is 10.5. The Bertz CT molecular complexity index is 631. The number of benzene rings is 2. The average Bonchev–Trinajstić information content (AvgIpc) is 2.39. The first-order chi connectivity index (χ1) is 9.85. The molecule has 2 rings (SSSR count). The molecule has 0 saturated carbocycles. The van der Waals surface area contributed by atoms with Crippen molar-refractivity contribution in [1.82, 2.24) is 0 Å². The van der Waals surface area contributed by atoms with Crippen LogP contribution in [0.4, 0.5) is 23.2 Å². The van der Waals surface area contributed by atoms with E-state index in [0.29, 0.717) is 11.3 Å². The molecular formula is C14H10ClF4NO. The van der Waals surface area contributed by atoms with Crippen LogP contribution in [0, 0.1) is 5.82 Å². The van der Waals surface area contributed by atoms with Crippen LogP contribution in [0.5, 0.6) is 5.75 Å². The number of rotatable bonds is 4. The van der Waals surface area contributed by atoms with E-state index in [0.717, 1.165) is 0 Å². The summed E-state index contributed by atoms with van der Waals surface area (Å²) in [5.41, 5.74) is 0.899. The molecule has 2 aromatic rings. The summed E-state index contributed by atoms with van der Waals surface area (Å²) in [6.45, 7) is 0.173. The largest absolute Gasteiger partial charge is 0.573 e. The van der Waals surface area contributed by atoms with Crippen LogP contribution < -0.4 is 10.1 Å². The topological polar surface area (TPSA) is 21.3 Å². The van der Waals surface area contributed by atoms with E-state index in [9.17, 15) is 17.6 Å². The predicted molar refractivity (Wildman–Crippen MR) is 71.9 cm³/mol. The molecule has 0 atom stereocenters. The summed E-state index contributed by atoms with van der Waals surface area (Å²) in [5.74, 6) is -0.886. The molecule has 0 unspecified atom stereocenters. The van der Waals surface area contributed by atoms with Crippen LogP contribution in [0.2, 0.25) is 5.02 Å². The fourth-order valence-electron chi connectivity index (χ4n) is 1.69. The Hall–Kier alpha value is -1.95. The van der Waals surface area contributed by atoms with Crippen LogP contribution in [-0.4, -0.2) is 6.36 Å². The lowest BCUT2D eigenvalue weighted by Gasteiger charge is -2.12. The SMILES string of the molecule is Fc1cccc(CNc2cccc(OC(F)(F)F)c2)c1Cl. The number of nitrogens with one attached hydrogen (secondary N) is 1. The van der Waals surface area contributed by atoms with Gasteiger partial charge in [-0.1, -0.05) is 29.8 Å². The van der Waals surface area contributed by atoms with E-state index >= 15 is 0 Å². The lowest BCUT2D eigenvalue weighted by molar-refractivity contribution is -0.274. The van der Waals surface area contributed by atoms with Crippen LogP contribution >= 0.6 is 11.6 Å². The number of ether oxygens (including phenoxy) is 1. The fraction of sp³-hybridized carbons (Fsp3) is 0.143. The van der Waals surface area contributed by atoms with Gasteiger partial charge in [-0.05, 0) is 23.8 Å². The van der Waals surface area contributed by atoms with Crippen LogP contribution in [0.1, 0.15) is 5.56 Å². The first kappa shape index (κ1) is 15.4. The van der Waals surface area contributed by atoms with Gasteiger partial charge in [0.2, 0.25) is 0 Å². The molecular weight excluding hydrogens is 310 g/mol. The highest BCUT2D eigenvalue weighted by Crippen LogP contribution is 2.26. The zero-order chi connectivity index (χ0) is 15.5. The molecule has 2 nitrogen and oxygen atoms in total. The van der Waals surface area contributed by atoms with Gasteiger partial charge in [0.1, 0.15) is 11.6 Å². The molecule has 0 aliphatic heterocycles. The second-order valence-corrected chi connectivity index (χ2v) is 4.52. The van der Waals surface area contributed by atoms with Crippen molar-refractivity contribution in [2.75, 3.05) is 5.32 Å². The highest BCUT2D eigenvalue weighted by molar-refractivity contribution is 6.31. The Morgan fingerprint density at radius 1 is 1.10 bits per heavy atom. The van der Waals surface area contributed by atoms with E-state index in [1.165, 1.54) is 30.3 Å². The minimum Gasteiger partial charge on any atom is -0.406 e. The van der Waals surface area contributed by atoms with Crippen LogP contribution in [0.15, 0.2) is 42.5 Å². The molecule has 0 spiro atoms. The maximum atomic E-state index is 13.3. The van der Waals surface area contributed by atoms with Gasteiger partial charge < -0.3 is 10.1 Å². The molecule has 112 valence electrons. The van der Waals surface area contributed by atoms with E-state index in [-0.39, 0.29) is 17.3 Å². The fourth-order valence-corrected chi connectivity index (χ4v) is 1.88. The van der Waals surface area contributed by atoms with Crippen molar-refractivity contribution in [3.05, 3.63) is 58.9 Å². The van der Waals surface area contributed by atoms with Crippen LogP contribution in [0.3, 0.4) is 0 Å². The van der Waals surface area contributed by atoms with Gasteiger partial charge in [0.15, 0.2) is 0 Å². The minimum absolute atomic E-state index is 0.0207. The van der Waals surface area contributed by atoms with Gasteiger partial charge in [-0.15, -0.1) is 13.2 Å². The van der Waals surface area contributed by atoms with Gasteiger partial charge >= 0.3 is 6.36 Å². The van der Waals surface area contributed by atoms with Crippen molar-refractivity contribution in [3.8, 4) is 5.75 Å². The lowest BCUT2D eigenvalue weighted by atomic mass is 10.2. The van der Waals surface area contributed by atoms with E-state index in [1.807, 2.05) is 0 Å². The van der Waals surface area contributed by atoms with Crippen molar-refractivity contribution < 1.29 is 22.3 Å². The molecule has 0 heterocycles. The maximum Gasteiger partial charge on any atom is 0.573 e. The standard InChI is InChI=1S/C14H10ClF4NO/c15-13-9(3-1-6-12(13)16)8-20-10-4-2-5-11(7-10)21-14(17,18)19/h1-7,20H,8H2. The molecule has 0 aliphatic rings. The van der Waals surface area contributed by atoms with Crippen molar-refractivity contribution in [3.63, 3.8) is 0 Å². The molecule has 7 heteroatoms. The third-order valence-corrected chi connectivity index (χ3v) is 3.01. The minimum atomic E-state index is -4.75. The highest BCUT2D eigenvalue weighted by Gasteiger charge is 2.31. The number of anilines is 1. The van der Waals surface area contributed by atoms with E-state index < -0.39 is 12.2 Å². The van der Waals surface area contributed by atoms with E-state index in [4.69, 9.17) is 11.6 Å². The lowest BCUT2D eigenvalue weighted by Crippen LogP contribution is -2.17. The average molecular weight is 320 g/mol. The van der Waals surface area contributed by atoms with Crippen molar-refractivity contribution >= 4 is 17.3 Å². The molecule has 0 aliphatic carbocycles. The molecule has 1 N–H and O–H groups in total. The Morgan fingerprint density at radius 3 is 2.52 bits per heavy atom. The molecule has 0 amide bonds. The number of halogens is 5. The third-order valence-electron chi connectivity index (χ3n) is 2.58. The van der Waals surface area contributed by atoms with Crippen molar-refractivity contribution in [2.45, 2.75) is 12.9 Å².